The Kier molecular flexibility index (Phi) is 2.16. The molecule has 4 rings (SSSR count). The van der Waals surface area contributed by atoms with Crippen LogP contribution in [0.2, 0.25) is 4.82 Å². The van der Waals surface area contributed by atoms with Gasteiger partial charge in [-0.1, -0.05) is 0 Å². The Bertz CT molecular complexity index is 392. The molecule has 1 aromatic rings. The quantitative estimate of drug-likeness (QED) is 0.753. The van der Waals surface area contributed by atoms with Crippen molar-refractivity contribution in [3.63, 3.8) is 0 Å². The molecule has 84 valence electrons. The van der Waals surface area contributed by atoms with Crippen molar-refractivity contribution >= 4 is 19.4 Å². The Hall–Kier alpha value is -0.341. The van der Waals surface area contributed by atoms with Gasteiger partial charge in [0.15, 0.2) is 0 Å². The number of ether oxygens (including phenoxy) is 2. The number of hydrogen-bond acceptors (Lipinski definition) is 2. The Morgan fingerprint density at radius 2 is 2.00 bits per heavy atom. The third-order valence-corrected chi connectivity index (χ3v) is 6.78. The molecule has 0 spiro atoms. The Morgan fingerprint density at radius 3 is 2.88 bits per heavy atom. The zero-order valence-electron chi connectivity index (χ0n) is 8.91. The summed E-state index contributed by atoms with van der Waals surface area (Å²) in [7, 11) is 0. The molecule has 0 amide bonds. The van der Waals surface area contributed by atoms with Gasteiger partial charge in [0.1, 0.15) is 0 Å². The van der Waals surface area contributed by atoms with Gasteiger partial charge < -0.3 is 0 Å². The predicted molar refractivity (Wildman–Crippen MR) is 62.1 cm³/mol. The van der Waals surface area contributed by atoms with Gasteiger partial charge in [-0.05, 0) is 0 Å². The van der Waals surface area contributed by atoms with Crippen LogP contribution >= 0.6 is 0 Å². The molecule has 0 aromatic heterocycles. The summed E-state index contributed by atoms with van der Waals surface area (Å²) < 4.78 is 13.4. The molecule has 0 aliphatic carbocycles. The summed E-state index contributed by atoms with van der Waals surface area (Å²) in [5.41, 5.74) is 0. The maximum absolute atomic E-state index is 6.03. The first-order chi connectivity index (χ1) is 7.92. The van der Waals surface area contributed by atoms with Crippen molar-refractivity contribution in [1.82, 2.24) is 0 Å². The molecular formula is C13H14O2Se. The molecule has 0 unspecified atom stereocenters. The van der Waals surface area contributed by atoms with Crippen molar-refractivity contribution in [3.8, 4) is 0 Å². The van der Waals surface area contributed by atoms with E-state index in [-0.39, 0.29) is 0 Å². The zero-order chi connectivity index (χ0) is 10.5. The average molecular weight is 281 g/mol. The first-order valence-electron chi connectivity index (χ1n) is 5.90. The molecule has 2 bridgehead atoms. The molecule has 2 nitrogen and oxygen atoms in total. The molecule has 3 fully saturated rings. The van der Waals surface area contributed by atoms with E-state index in [1.165, 1.54) is 10.9 Å². The summed E-state index contributed by atoms with van der Waals surface area (Å²) in [4.78, 5) is 0.652. The van der Waals surface area contributed by atoms with Crippen molar-refractivity contribution in [3.05, 3.63) is 30.3 Å². The standard InChI is InChI=1S/C13H14O2Se/c1-2-4-9(5-3-1)16-13-10-6-8-7-14-12(13)11(8)15-10/h1-5,8,10-13H,6-7H2/t8-,10+,11-,12+,13+/m1/s1. The van der Waals surface area contributed by atoms with E-state index >= 15 is 0 Å². The van der Waals surface area contributed by atoms with Gasteiger partial charge in [-0.15, -0.1) is 0 Å². The summed E-state index contributed by atoms with van der Waals surface area (Å²) in [5.74, 6) is 0.706. The van der Waals surface area contributed by atoms with E-state index in [1.807, 2.05) is 0 Å². The first-order valence-corrected chi connectivity index (χ1v) is 7.75. The summed E-state index contributed by atoms with van der Waals surface area (Å²) >= 11 is 0.501. The van der Waals surface area contributed by atoms with E-state index in [9.17, 15) is 0 Å². The molecule has 3 aliphatic heterocycles. The molecule has 3 heterocycles. The van der Waals surface area contributed by atoms with E-state index in [0.29, 0.717) is 44.0 Å². The molecule has 5 atom stereocenters. The topological polar surface area (TPSA) is 18.5 Å². The molecular weight excluding hydrogens is 267 g/mol. The van der Waals surface area contributed by atoms with Gasteiger partial charge in [0.25, 0.3) is 0 Å². The van der Waals surface area contributed by atoms with Gasteiger partial charge in [-0.3, -0.25) is 0 Å². The van der Waals surface area contributed by atoms with E-state index in [4.69, 9.17) is 9.47 Å². The van der Waals surface area contributed by atoms with Gasteiger partial charge in [-0.2, -0.15) is 0 Å². The second kappa shape index (κ2) is 3.58. The van der Waals surface area contributed by atoms with Crippen LogP contribution in [0.4, 0.5) is 0 Å². The van der Waals surface area contributed by atoms with Gasteiger partial charge >= 0.3 is 101 Å². The second-order valence-electron chi connectivity index (χ2n) is 4.83. The fourth-order valence-electron chi connectivity index (χ4n) is 3.14. The summed E-state index contributed by atoms with van der Waals surface area (Å²) in [6.45, 7) is 0.938. The normalized spacial score (nSPS) is 44.1. The van der Waals surface area contributed by atoms with Crippen molar-refractivity contribution in [2.75, 3.05) is 6.61 Å². The first kappa shape index (κ1) is 9.67. The Labute approximate surface area is 101 Å². The molecule has 1 aromatic carbocycles. The summed E-state index contributed by atoms with van der Waals surface area (Å²) in [6, 6.07) is 10.8. The minimum atomic E-state index is 0.406. The van der Waals surface area contributed by atoms with Crippen LogP contribution in [0.1, 0.15) is 6.42 Å². The van der Waals surface area contributed by atoms with Gasteiger partial charge in [0.05, 0.1) is 0 Å². The molecule has 3 aliphatic rings. The third kappa shape index (κ3) is 1.32. The summed E-state index contributed by atoms with van der Waals surface area (Å²) in [6.07, 6.45) is 2.56. The second-order valence-corrected chi connectivity index (χ2v) is 7.45. The monoisotopic (exact) mass is 282 g/mol. The van der Waals surface area contributed by atoms with Crippen molar-refractivity contribution < 1.29 is 9.47 Å². The minimum absolute atomic E-state index is 0.406. The van der Waals surface area contributed by atoms with Crippen molar-refractivity contribution in [2.24, 2.45) is 5.92 Å². The molecule has 16 heavy (non-hydrogen) atoms. The van der Waals surface area contributed by atoms with E-state index in [1.54, 1.807) is 0 Å². The maximum atomic E-state index is 6.03. The van der Waals surface area contributed by atoms with E-state index in [2.05, 4.69) is 30.3 Å². The van der Waals surface area contributed by atoms with Crippen LogP contribution in [-0.4, -0.2) is 39.9 Å². The van der Waals surface area contributed by atoms with Gasteiger partial charge in [0, 0.05) is 0 Å². The van der Waals surface area contributed by atoms with Crippen molar-refractivity contribution in [2.45, 2.75) is 29.5 Å². The molecule has 0 radical (unpaired) electrons. The molecule has 0 N–H and O–H groups in total. The van der Waals surface area contributed by atoms with Crippen LogP contribution in [0.5, 0.6) is 0 Å². The number of hydrogen-bond donors (Lipinski definition) is 0. The zero-order valence-corrected chi connectivity index (χ0v) is 10.6. The van der Waals surface area contributed by atoms with E-state index < -0.39 is 0 Å². The fourth-order valence-corrected chi connectivity index (χ4v) is 5.92. The van der Waals surface area contributed by atoms with Gasteiger partial charge in [-0.25, -0.2) is 0 Å². The van der Waals surface area contributed by atoms with E-state index in [0.717, 1.165) is 6.61 Å². The van der Waals surface area contributed by atoms with Crippen LogP contribution in [0.25, 0.3) is 0 Å². The SMILES string of the molecule is c1ccc([Se][C@@H]2[C@H]3OC[C@H]4C[C@@H]2O[C@H]43)cc1. The molecule has 0 saturated carbocycles. The van der Waals surface area contributed by atoms with Crippen LogP contribution < -0.4 is 4.46 Å². The van der Waals surface area contributed by atoms with Crippen LogP contribution in [0, 0.1) is 5.92 Å². The van der Waals surface area contributed by atoms with Crippen LogP contribution in [0.15, 0.2) is 30.3 Å². The summed E-state index contributed by atoms with van der Waals surface area (Å²) in [5, 5.41) is 0. The predicted octanol–water partition coefficient (Wildman–Crippen LogP) is 0.991. The third-order valence-electron chi connectivity index (χ3n) is 3.86. The number of fused-ring (bicyclic) bond motifs is 1. The molecule has 3 heteroatoms. The average Bonchev–Trinajstić information content (AvgIpc) is 2.91. The fraction of sp³-hybridized carbons (Fsp3) is 0.538. The number of benzene rings is 1. The Balaban J connectivity index is 1.57. The Morgan fingerprint density at radius 1 is 1.12 bits per heavy atom. The molecule has 3 saturated heterocycles. The number of rotatable bonds is 2. The van der Waals surface area contributed by atoms with Gasteiger partial charge in [0.2, 0.25) is 0 Å². The van der Waals surface area contributed by atoms with Crippen LogP contribution in [0.3, 0.4) is 0 Å². The van der Waals surface area contributed by atoms with Crippen LogP contribution in [-0.2, 0) is 9.47 Å². The van der Waals surface area contributed by atoms with Crippen molar-refractivity contribution in [1.29, 1.82) is 0 Å².